The van der Waals surface area contributed by atoms with Crippen LogP contribution in [0.5, 0.6) is 0 Å². The van der Waals surface area contributed by atoms with Crippen LogP contribution in [0.3, 0.4) is 0 Å². The van der Waals surface area contributed by atoms with E-state index in [1.54, 1.807) is 36.4 Å². The molecule has 0 aromatic heterocycles. The van der Waals surface area contributed by atoms with Crippen molar-refractivity contribution in [1.29, 1.82) is 0 Å². The van der Waals surface area contributed by atoms with E-state index in [0.717, 1.165) is 25.1 Å². The molecule has 0 aliphatic carbocycles. The van der Waals surface area contributed by atoms with Gasteiger partial charge in [-0.1, -0.05) is 29.8 Å². The molecular formula is C20H17ClFN3O2. The van der Waals surface area contributed by atoms with Gasteiger partial charge < -0.3 is 0 Å². The summed E-state index contributed by atoms with van der Waals surface area (Å²) < 4.78 is 13.4. The first-order chi connectivity index (χ1) is 13.1. The maximum atomic E-state index is 13.4. The van der Waals surface area contributed by atoms with Crippen LogP contribution in [0.4, 0.5) is 10.1 Å². The maximum Gasteiger partial charge on any atom is 0.253 e. The zero-order chi connectivity index (χ0) is 18.7. The number of carbonyl (C=O) groups is 2. The first kappa shape index (κ1) is 16.9. The zero-order valence-electron chi connectivity index (χ0n) is 14.4. The van der Waals surface area contributed by atoms with Crippen LogP contribution in [0.25, 0.3) is 0 Å². The van der Waals surface area contributed by atoms with Gasteiger partial charge in [0.25, 0.3) is 5.91 Å². The molecular weight excluding hydrogens is 369 g/mol. The van der Waals surface area contributed by atoms with Gasteiger partial charge in [0.1, 0.15) is 11.9 Å². The van der Waals surface area contributed by atoms with Gasteiger partial charge in [0.2, 0.25) is 5.91 Å². The lowest BCUT2D eigenvalue weighted by Gasteiger charge is -2.29. The molecule has 3 atom stereocenters. The van der Waals surface area contributed by atoms with Crippen molar-refractivity contribution in [2.24, 2.45) is 5.92 Å². The molecule has 7 heteroatoms. The minimum atomic E-state index is -0.519. The molecule has 3 unspecified atom stereocenters. The van der Waals surface area contributed by atoms with E-state index in [9.17, 15) is 14.0 Å². The molecule has 27 heavy (non-hydrogen) atoms. The molecule has 2 aromatic rings. The summed E-state index contributed by atoms with van der Waals surface area (Å²) in [5, 5.41) is 4.60. The fraction of sp³-hybridized carbons (Fsp3) is 0.300. The Morgan fingerprint density at radius 1 is 0.926 bits per heavy atom. The molecule has 3 aliphatic heterocycles. The minimum absolute atomic E-state index is 0.219. The predicted octanol–water partition coefficient (Wildman–Crippen LogP) is 3.01. The summed E-state index contributed by atoms with van der Waals surface area (Å²) in [5.74, 6) is -1.28. The topological polar surface area (TPSA) is 43.9 Å². The number of halogens is 2. The molecule has 2 amide bonds. The number of nitrogens with zero attached hydrogens (tertiary/aromatic N) is 3. The van der Waals surface area contributed by atoms with Gasteiger partial charge in [-0.3, -0.25) is 9.59 Å². The van der Waals surface area contributed by atoms with Crippen LogP contribution in [0.1, 0.15) is 18.0 Å². The Hall–Kier alpha value is -2.28. The van der Waals surface area contributed by atoms with Gasteiger partial charge in [0, 0.05) is 18.1 Å². The first-order valence-electron chi connectivity index (χ1n) is 8.98. The largest absolute Gasteiger partial charge is 0.274 e. The Balaban J connectivity index is 1.59. The third-order valence-corrected chi connectivity index (χ3v) is 5.92. The molecule has 0 spiro atoms. The highest BCUT2D eigenvalue weighted by atomic mass is 35.5. The van der Waals surface area contributed by atoms with Crippen LogP contribution in [-0.4, -0.2) is 41.0 Å². The third-order valence-electron chi connectivity index (χ3n) is 5.68. The van der Waals surface area contributed by atoms with Crippen LogP contribution in [0, 0.1) is 11.7 Å². The molecule has 0 saturated carbocycles. The molecule has 0 bridgehead atoms. The number of carbonyl (C=O) groups excluding carboxylic acids is 2. The van der Waals surface area contributed by atoms with Crippen molar-refractivity contribution in [1.82, 2.24) is 10.0 Å². The monoisotopic (exact) mass is 385 g/mol. The fourth-order valence-corrected chi connectivity index (χ4v) is 4.83. The van der Waals surface area contributed by atoms with E-state index in [0.29, 0.717) is 10.7 Å². The molecule has 5 rings (SSSR count). The number of benzene rings is 2. The number of anilines is 1. The van der Waals surface area contributed by atoms with Crippen LogP contribution in [0.2, 0.25) is 5.02 Å². The van der Waals surface area contributed by atoms with E-state index < -0.39 is 12.0 Å². The number of imide groups is 1. The summed E-state index contributed by atoms with van der Waals surface area (Å²) in [5.41, 5.74) is 1.35. The molecule has 5 nitrogen and oxygen atoms in total. The normalized spacial score (nSPS) is 28.1. The highest BCUT2D eigenvalue weighted by Gasteiger charge is 2.62. The van der Waals surface area contributed by atoms with Crippen LogP contribution < -0.4 is 4.90 Å². The Morgan fingerprint density at radius 3 is 2.33 bits per heavy atom. The molecule has 3 heterocycles. The van der Waals surface area contributed by atoms with Gasteiger partial charge in [-0.2, -0.15) is 0 Å². The average molecular weight is 386 g/mol. The highest BCUT2D eigenvalue weighted by molar-refractivity contribution is 6.31. The molecule has 3 fully saturated rings. The van der Waals surface area contributed by atoms with Crippen molar-refractivity contribution >= 4 is 29.1 Å². The Kier molecular flexibility index (Phi) is 3.82. The second kappa shape index (κ2) is 6.12. The van der Waals surface area contributed by atoms with Crippen LogP contribution in [-0.2, 0) is 9.59 Å². The summed E-state index contributed by atoms with van der Waals surface area (Å²) in [6, 6.07) is 12.2. The summed E-state index contributed by atoms with van der Waals surface area (Å²) in [4.78, 5) is 27.8. The second-order valence-electron chi connectivity index (χ2n) is 7.14. The van der Waals surface area contributed by atoms with E-state index in [1.165, 1.54) is 17.0 Å². The van der Waals surface area contributed by atoms with Gasteiger partial charge in [0.15, 0.2) is 0 Å². The van der Waals surface area contributed by atoms with E-state index in [-0.39, 0.29) is 23.7 Å². The van der Waals surface area contributed by atoms with Crippen LogP contribution in [0.15, 0.2) is 48.5 Å². The van der Waals surface area contributed by atoms with E-state index in [4.69, 9.17) is 11.6 Å². The second-order valence-corrected chi connectivity index (χ2v) is 7.57. The number of rotatable bonds is 2. The van der Waals surface area contributed by atoms with Crippen molar-refractivity contribution in [3.8, 4) is 0 Å². The Morgan fingerprint density at radius 2 is 1.63 bits per heavy atom. The lowest BCUT2D eigenvalue weighted by Crippen LogP contribution is -2.44. The van der Waals surface area contributed by atoms with Gasteiger partial charge in [-0.25, -0.2) is 19.3 Å². The fourth-order valence-electron chi connectivity index (χ4n) is 4.64. The van der Waals surface area contributed by atoms with Crippen molar-refractivity contribution in [3.63, 3.8) is 0 Å². The number of hydrazine groups is 1. The zero-order valence-corrected chi connectivity index (χ0v) is 15.1. The van der Waals surface area contributed by atoms with Gasteiger partial charge in [-0.15, -0.1) is 0 Å². The number of hydrogen-bond donors (Lipinski definition) is 0. The smallest absolute Gasteiger partial charge is 0.253 e. The molecule has 2 aromatic carbocycles. The molecule has 138 valence electrons. The average Bonchev–Trinajstić information content (AvgIpc) is 3.28. The van der Waals surface area contributed by atoms with E-state index in [2.05, 4.69) is 5.01 Å². The highest BCUT2D eigenvalue weighted by Crippen LogP contribution is 2.48. The van der Waals surface area contributed by atoms with Crippen molar-refractivity contribution in [2.45, 2.75) is 18.5 Å². The third kappa shape index (κ3) is 2.44. The van der Waals surface area contributed by atoms with Gasteiger partial charge in [0.05, 0.1) is 17.6 Å². The number of hydrogen-bond acceptors (Lipinski definition) is 4. The molecule has 0 radical (unpaired) electrons. The molecule has 3 aliphatic rings. The summed E-state index contributed by atoms with van der Waals surface area (Å²) in [6.45, 7) is 1.52. The first-order valence-corrected chi connectivity index (χ1v) is 9.36. The van der Waals surface area contributed by atoms with Crippen LogP contribution >= 0.6 is 11.6 Å². The standard InChI is InChI=1S/C20H17ClFN3O2/c21-13-3-1-4-15(11-13)25-19(26)16-17(12-5-7-14(22)8-6-12)23-9-2-10-24(23)18(16)20(25)27/h1,3-8,11,16-18H,2,9-10H2. The lowest BCUT2D eigenvalue weighted by atomic mass is 9.90. The van der Waals surface area contributed by atoms with Crippen molar-refractivity contribution < 1.29 is 14.0 Å². The van der Waals surface area contributed by atoms with E-state index in [1.807, 2.05) is 5.01 Å². The maximum absolute atomic E-state index is 13.4. The molecule has 0 N–H and O–H groups in total. The SMILES string of the molecule is O=C1C2C(C(=O)N1c1cccc(Cl)c1)N1CCCN1C2c1ccc(F)cc1. The van der Waals surface area contributed by atoms with Gasteiger partial charge in [-0.05, 0) is 42.3 Å². The Labute approximate surface area is 160 Å². The Bertz CT molecular complexity index is 935. The number of amides is 2. The summed E-state index contributed by atoms with van der Waals surface area (Å²) in [6.07, 6.45) is 0.930. The molecule has 3 saturated heterocycles. The lowest BCUT2D eigenvalue weighted by molar-refractivity contribution is -0.126. The quantitative estimate of drug-likeness (QED) is 0.745. The summed E-state index contributed by atoms with van der Waals surface area (Å²) >= 11 is 6.06. The minimum Gasteiger partial charge on any atom is -0.274 e. The number of fused-ring (bicyclic) bond motifs is 3. The van der Waals surface area contributed by atoms with Crippen molar-refractivity contribution in [3.05, 3.63) is 64.9 Å². The van der Waals surface area contributed by atoms with E-state index >= 15 is 0 Å². The summed E-state index contributed by atoms with van der Waals surface area (Å²) in [7, 11) is 0. The predicted molar refractivity (Wildman–Crippen MR) is 98.4 cm³/mol. The van der Waals surface area contributed by atoms with Crippen molar-refractivity contribution in [2.75, 3.05) is 18.0 Å². The van der Waals surface area contributed by atoms with Gasteiger partial charge >= 0.3 is 0 Å².